The molecule has 5 nitrogen and oxygen atoms in total. The second-order valence-electron chi connectivity index (χ2n) is 3.81. The Morgan fingerprint density at radius 1 is 1.53 bits per heavy atom. The van der Waals surface area contributed by atoms with Crippen LogP contribution in [0.4, 0.5) is 0 Å². The standard InChI is InChI=1S/C11H12ClN3O2/c1-4-6-8(11(16)17)9(12)7-5(2)14-15(3)10(7)13-6/h4H2,1-3H3,(H,16,17). The average molecular weight is 254 g/mol. The fourth-order valence-corrected chi connectivity index (χ4v) is 2.35. The molecule has 0 aliphatic rings. The zero-order chi connectivity index (χ0) is 12.7. The summed E-state index contributed by atoms with van der Waals surface area (Å²) in [5, 5.41) is 14.2. The van der Waals surface area contributed by atoms with Gasteiger partial charge in [0.15, 0.2) is 5.65 Å². The number of carboxylic acid groups (broad SMARTS) is 1. The Labute approximate surface area is 103 Å². The van der Waals surface area contributed by atoms with Crippen molar-refractivity contribution in [1.29, 1.82) is 0 Å². The number of pyridine rings is 1. The minimum atomic E-state index is -1.05. The molecule has 2 aromatic heterocycles. The predicted octanol–water partition coefficient (Wildman–Crippen LogP) is 2.19. The van der Waals surface area contributed by atoms with Gasteiger partial charge in [-0.2, -0.15) is 5.10 Å². The quantitative estimate of drug-likeness (QED) is 0.891. The van der Waals surface area contributed by atoms with E-state index in [4.69, 9.17) is 11.6 Å². The number of aryl methyl sites for hydroxylation is 3. The molecule has 90 valence electrons. The van der Waals surface area contributed by atoms with Crippen LogP contribution in [-0.4, -0.2) is 25.8 Å². The van der Waals surface area contributed by atoms with E-state index in [1.54, 1.807) is 18.7 Å². The molecular formula is C11H12ClN3O2. The topological polar surface area (TPSA) is 68.0 Å². The van der Waals surface area contributed by atoms with Gasteiger partial charge in [0.05, 0.1) is 21.8 Å². The van der Waals surface area contributed by atoms with Crippen LogP contribution in [-0.2, 0) is 13.5 Å². The lowest BCUT2D eigenvalue weighted by Crippen LogP contribution is -2.07. The lowest BCUT2D eigenvalue weighted by Gasteiger charge is -2.06. The van der Waals surface area contributed by atoms with Crippen molar-refractivity contribution in [3.63, 3.8) is 0 Å². The maximum atomic E-state index is 11.2. The van der Waals surface area contributed by atoms with E-state index < -0.39 is 5.97 Å². The van der Waals surface area contributed by atoms with E-state index in [1.807, 2.05) is 6.92 Å². The first-order valence-corrected chi connectivity index (χ1v) is 5.60. The van der Waals surface area contributed by atoms with Gasteiger partial charge in [0.1, 0.15) is 5.56 Å². The van der Waals surface area contributed by atoms with Crippen LogP contribution < -0.4 is 0 Å². The number of hydrogen-bond acceptors (Lipinski definition) is 3. The Hall–Kier alpha value is -1.62. The van der Waals surface area contributed by atoms with E-state index in [0.29, 0.717) is 28.8 Å². The van der Waals surface area contributed by atoms with Crippen molar-refractivity contribution >= 4 is 28.6 Å². The van der Waals surface area contributed by atoms with Gasteiger partial charge in [0, 0.05) is 7.05 Å². The molecule has 2 aromatic rings. The first-order chi connectivity index (χ1) is 7.97. The molecule has 0 saturated heterocycles. The Kier molecular flexibility index (Phi) is 2.79. The molecule has 0 radical (unpaired) electrons. The van der Waals surface area contributed by atoms with E-state index in [9.17, 15) is 9.90 Å². The van der Waals surface area contributed by atoms with Gasteiger partial charge in [-0.05, 0) is 13.3 Å². The molecule has 0 bridgehead atoms. The van der Waals surface area contributed by atoms with Crippen LogP contribution in [0.1, 0.15) is 28.7 Å². The third kappa shape index (κ3) is 1.67. The van der Waals surface area contributed by atoms with Crippen molar-refractivity contribution in [1.82, 2.24) is 14.8 Å². The van der Waals surface area contributed by atoms with Gasteiger partial charge in [0.2, 0.25) is 0 Å². The number of aromatic carboxylic acids is 1. The number of carbonyl (C=O) groups is 1. The monoisotopic (exact) mass is 253 g/mol. The molecule has 2 rings (SSSR count). The van der Waals surface area contributed by atoms with Crippen molar-refractivity contribution in [2.75, 3.05) is 0 Å². The fraction of sp³-hybridized carbons (Fsp3) is 0.364. The third-order valence-corrected chi connectivity index (χ3v) is 3.09. The van der Waals surface area contributed by atoms with Crippen LogP contribution in [0, 0.1) is 6.92 Å². The molecule has 0 amide bonds. The van der Waals surface area contributed by atoms with Gasteiger partial charge in [0.25, 0.3) is 0 Å². The van der Waals surface area contributed by atoms with Gasteiger partial charge in [-0.1, -0.05) is 18.5 Å². The molecule has 1 N–H and O–H groups in total. The van der Waals surface area contributed by atoms with Crippen molar-refractivity contribution in [2.24, 2.45) is 7.05 Å². The second-order valence-corrected chi connectivity index (χ2v) is 4.19. The SMILES string of the molecule is CCc1nc2c(c(C)nn2C)c(Cl)c1C(=O)O. The highest BCUT2D eigenvalue weighted by molar-refractivity contribution is 6.38. The zero-order valence-corrected chi connectivity index (χ0v) is 10.5. The number of fused-ring (bicyclic) bond motifs is 1. The summed E-state index contributed by atoms with van der Waals surface area (Å²) in [4.78, 5) is 15.5. The number of aromatic nitrogens is 3. The molecule has 2 heterocycles. The highest BCUT2D eigenvalue weighted by Gasteiger charge is 2.21. The minimum Gasteiger partial charge on any atom is -0.478 e. The molecule has 0 spiro atoms. The number of nitrogens with zero attached hydrogens (tertiary/aromatic N) is 3. The van der Waals surface area contributed by atoms with Gasteiger partial charge >= 0.3 is 5.97 Å². The first kappa shape index (κ1) is 11.9. The number of hydrogen-bond donors (Lipinski definition) is 1. The van der Waals surface area contributed by atoms with Gasteiger partial charge in [-0.15, -0.1) is 0 Å². The second kappa shape index (κ2) is 4.00. The molecule has 0 aliphatic heterocycles. The van der Waals surface area contributed by atoms with Crippen molar-refractivity contribution < 1.29 is 9.90 Å². The third-order valence-electron chi connectivity index (χ3n) is 2.71. The Bertz CT molecular complexity index is 619. The smallest absolute Gasteiger partial charge is 0.339 e. The average Bonchev–Trinajstić information content (AvgIpc) is 2.53. The molecule has 0 aromatic carbocycles. The van der Waals surface area contributed by atoms with Crippen LogP contribution in [0.25, 0.3) is 11.0 Å². The summed E-state index contributed by atoms with van der Waals surface area (Å²) in [5.41, 5.74) is 1.87. The van der Waals surface area contributed by atoms with Crippen LogP contribution in [0.15, 0.2) is 0 Å². The summed E-state index contributed by atoms with van der Waals surface area (Å²) in [7, 11) is 1.76. The number of halogens is 1. The largest absolute Gasteiger partial charge is 0.478 e. The molecule has 0 unspecified atom stereocenters. The molecule has 0 fully saturated rings. The van der Waals surface area contributed by atoms with Crippen molar-refractivity contribution in [3.05, 3.63) is 22.0 Å². The molecule has 17 heavy (non-hydrogen) atoms. The van der Waals surface area contributed by atoms with Crippen molar-refractivity contribution in [2.45, 2.75) is 20.3 Å². The molecule has 0 atom stereocenters. The molecule has 0 saturated carbocycles. The van der Waals surface area contributed by atoms with Crippen LogP contribution in [0.3, 0.4) is 0 Å². The summed E-state index contributed by atoms with van der Waals surface area (Å²) in [6.07, 6.45) is 0.515. The van der Waals surface area contributed by atoms with Gasteiger partial charge in [-0.3, -0.25) is 4.68 Å². The zero-order valence-electron chi connectivity index (χ0n) is 9.78. The lowest BCUT2D eigenvalue weighted by atomic mass is 10.1. The predicted molar refractivity (Wildman–Crippen MR) is 64.6 cm³/mol. The first-order valence-electron chi connectivity index (χ1n) is 5.22. The Morgan fingerprint density at radius 3 is 2.71 bits per heavy atom. The number of rotatable bonds is 2. The molecule has 6 heteroatoms. The van der Waals surface area contributed by atoms with E-state index in [1.165, 1.54) is 0 Å². The minimum absolute atomic E-state index is 0.0813. The fourth-order valence-electron chi connectivity index (χ4n) is 1.94. The summed E-state index contributed by atoms with van der Waals surface area (Å²) >= 11 is 6.16. The summed E-state index contributed by atoms with van der Waals surface area (Å²) in [6.45, 7) is 3.63. The van der Waals surface area contributed by atoms with Crippen LogP contribution >= 0.6 is 11.6 Å². The highest BCUT2D eigenvalue weighted by Crippen LogP contribution is 2.30. The van der Waals surface area contributed by atoms with Gasteiger partial charge in [-0.25, -0.2) is 9.78 Å². The van der Waals surface area contributed by atoms with Crippen LogP contribution in [0.5, 0.6) is 0 Å². The van der Waals surface area contributed by atoms with Gasteiger partial charge < -0.3 is 5.11 Å². The summed E-state index contributed by atoms with van der Waals surface area (Å²) < 4.78 is 1.61. The van der Waals surface area contributed by atoms with E-state index in [0.717, 1.165) is 0 Å². The maximum Gasteiger partial charge on any atom is 0.339 e. The van der Waals surface area contributed by atoms with Crippen molar-refractivity contribution in [3.8, 4) is 0 Å². The Balaban J connectivity index is 2.95. The van der Waals surface area contributed by atoms with Crippen LogP contribution in [0.2, 0.25) is 5.02 Å². The molecule has 0 aliphatic carbocycles. The maximum absolute atomic E-state index is 11.2. The summed E-state index contributed by atoms with van der Waals surface area (Å²) in [5.74, 6) is -1.05. The lowest BCUT2D eigenvalue weighted by molar-refractivity contribution is 0.0695. The molecular weight excluding hydrogens is 242 g/mol. The normalized spacial score (nSPS) is 11.1. The van der Waals surface area contributed by atoms with E-state index in [-0.39, 0.29) is 10.6 Å². The Morgan fingerprint density at radius 2 is 2.18 bits per heavy atom. The van der Waals surface area contributed by atoms with E-state index >= 15 is 0 Å². The van der Waals surface area contributed by atoms with E-state index in [2.05, 4.69) is 10.1 Å². The highest BCUT2D eigenvalue weighted by atomic mass is 35.5. The number of carboxylic acids is 1. The summed E-state index contributed by atoms with van der Waals surface area (Å²) in [6, 6.07) is 0.